The number of amides is 3. The highest BCUT2D eigenvalue weighted by molar-refractivity contribution is 6.67. The van der Waals surface area contributed by atoms with Gasteiger partial charge in [0.05, 0.1) is 11.4 Å². The van der Waals surface area contributed by atoms with Gasteiger partial charge in [-0.05, 0) is 150 Å². The average Bonchev–Trinajstić information content (AvgIpc) is 3.75. The van der Waals surface area contributed by atoms with Crippen molar-refractivity contribution in [3.8, 4) is 0 Å². The fourth-order valence-corrected chi connectivity index (χ4v) is 6.00. The number of hydrogen-bond donors (Lipinski definition) is 2. The first-order valence-corrected chi connectivity index (χ1v) is 19.1. The number of halogens is 1. The van der Waals surface area contributed by atoms with Gasteiger partial charge in [0.15, 0.2) is 0 Å². The standard InChI is InChI=1S/C22H27N3O3.C13H18N2O2.C9H10ClNO/c1-22(2,3)28-21(27)25-13-12-15-6-9-17(14-19(15)25)23-20(26)16-7-10-18(11-8-16)24(4)5;1-13(2,3)17-12(16)15-7-6-9-4-5-10(14)8-11(9)15;1-11(2)8-5-3-7(4-6-8)9(10)12/h6-11,14H,12-13H2,1-5H3,(H,23,26);4-5,8H,6-7,14H2,1-3H3;3-6H,1-2H3. The third kappa shape index (κ3) is 12.6. The third-order valence-electron chi connectivity index (χ3n) is 8.73. The summed E-state index contributed by atoms with van der Waals surface area (Å²) in [6, 6.07) is 25.8. The molecule has 6 rings (SSSR count). The molecule has 0 saturated carbocycles. The van der Waals surface area contributed by atoms with Gasteiger partial charge in [-0.3, -0.25) is 19.4 Å². The highest BCUT2D eigenvalue weighted by Gasteiger charge is 2.30. The Balaban J connectivity index is 0.000000210. The Morgan fingerprint density at radius 2 is 1.05 bits per heavy atom. The van der Waals surface area contributed by atoms with E-state index in [0.29, 0.717) is 35.6 Å². The number of nitrogen functional groups attached to an aromatic ring is 1. The number of ether oxygens (including phenoxy) is 2. The Kier molecular flexibility index (Phi) is 14.2. The van der Waals surface area contributed by atoms with Gasteiger partial charge in [-0.15, -0.1) is 0 Å². The molecule has 0 fully saturated rings. The number of anilines is 6. The SMILES string of the molecule is CC(C)(C)OC(=O)N1CCc2ccc(N)cc21.CN(C)c1ccc(C(=O)Cl)cc1.CN(C)c1ccc(C(=O)Nc2ccc3c(c2)N(C(=O)OC(C)(C)C)CC3)cc1. The maximum atomic E-state index is 12.6. The lowest BCUT2D eigenvalue weighted by Crippen LogP contribution is -2.35. The number of nitrogens with one attached hydrogen (secondary N) is 1. The van der Waals surface area contributed by atoms with Crippen LogP contribution in [0.5, 0.6) is 0 Å². The highest BCUT2D eigenvalue weighted by Crippen LogP contribution is 2.33. The second kappa shape index (κ2) is 18.5. The van der Waals surface area contributed by atoms with Crippen LogP contribution in [0.2, 0.25) is 0 Å². The number of fused-ring (bicyclic) bond motifs is 2. The molecule has 4 aromatic carbocycles. The number of nitrogens with two attached hydrogens (primary N) is 1. The second-order valence-electron chi connectivity index (χ2n) is 16.1. The normalized spacial score (nSPS) is 12.8. The summed E-state index contributed by atoms with van der Waals surface area (Å²) in [5.41, 5.74) is 13.1. The quantitative estimate of drug-likeness (QED) is 0.150. The molecule has 12 nitrogen and oxygen atoms in total. The van der Waals surface area contributed by atoms with Crippen LogP contribution >= 0.6 is 11.6 Å². The maximum absolute atomic E-state index is 12.6. The van der Waals surface area contributed by atoms with Gasteiger partial charge in [0.25, 0.3) is 11.1 Å². The van der Waals surface area contributed by atoms with Crippen LogP contribution in [-0.4, -0.2) is 75.8 Å². The Morgan fingerprint density at radius 3 is 1.47 bits per heavy atom. The summed E-state index contributed by atoms with van der Waals surface area (Å²) in [5.74, 6) is -0.188. The number of nitrogens with zero attached hydrogens (tertiary/aromatic N) is 4. The Hall–Kier alpha value is -5.75. The molecule has 3 amide bonds. The van der Waals surface area contributed by atoms with Crippen LogP contribution in [-0.2, 0) is 22.3 Å². The fraction of sp³-hybridized carbons (Fsp3) is 0.364. The van der Waals surface area contributed by atoms with Gasteiger partial charge in [0.1, 0.15) is 11.2 Å². The van der Waals surface area contributed by atoms with Gasteiger partial charge in [-0.25, -0.2) is 9.59 Å². The summed E-state index contributed by atoms with van der Waals surface area (Å²) in [6.07, 6.45) is 0.958. The second-order valence-corrected chi connectivity index (χ2v) is 16.4. The largest absolute Gasteiger partial charge is 0.443 e. The molecule has 13 heteroatoms. The molecule has 2 aliphatic heterocycles. The van der Waals surface area contributed by atoms with Gasteiger partial charge >= 0.3 is 12.2 Å². The van der Waals surface area contributed by atoms with Crippen LogP contribution < -0.4 is 30.7 Å². The van der Waals surface area contributed by atoms with Crippen LogP contribution in [0.1, 0.15) is 73.4 Å². The molecule has 0 spiro atoms. The predicted molar refractivity (Wildman–Crippen MR) is 232 cm³/mol. The number of carbonyl (C=O) groups is 4. The van der Waals surface area contributed by atoms with E-state index in [2.05, 4.69) is 5.32 Å². The molecule has 0 saturated heterocycles. The van der Waals surface area contributed by atoms with E-state index >= 15 is 0 Å². The third-order valence-corrected chi connectivity index (χ3v) is 8.95. The summed E-state index contributed by atoms with van der Waals surface area (Å²) >= 11 is 5.28. The number of rotatable bonds is 5. The molecule has 0 radical (unpaired) electrons. The van der Waals surface area contributed by atoms with Gasteiger partial charge < -0.3 is 30.3 Å². The molecule has 0 aromatic heterocycles. The van der Waals surface area contributed by atoms with E-state index in [1.54, 1.807) is 34.1 Å². The van der Waals surface area contributed by atoms with Crippen LogP contribution in [0.25, 0.3) is 0 Å². The van der Waals surface area contributed by atoms with Crippen molar-refractivity contribution in [1.82, 2.24) is 0 Å². The van der Waals surface area contributed by atoms with E-state index in [9.17, 15) is 19.2 Å². The van der Waals surface area contributed by atoms with Crippen molar-refractivity contribution in [2.24, 2.45) is 0 Å². The number of benzene rings is 4. The molecule has 0 bridgehead atoms. The summed E-state index contributed by atoms with van der Waals surface area (Å²) in [7, 11) is 7.79. The minimum atomic E-state index is -0.551. The zero-order chi connectivity index (χ0) is 42.2. The Morgan fingerprint density at radius 1 is 0.632 bits per heavy atom. The lowest BCUT2D eigenvalue weighted by molar-refractivity contribution is 0.0573. The molecular weight excluding hydrogens is 744 g/mol. The molecule has 304 valence electrons. The Bertz CT molecular complexity index is 2050. The van der Waals surface area contributed by atoms with Gasteiger partial charge in [-0.1, -0.05) is 12.1 Å². The van der Waals surface area contributed by atoms with Gasteiger partial charge in [-0.2, -0.15) is 0 Å². The molecule has 2 heterocycles. The molecule has 0 aliphatic carbocycles. The van der Waals surface area contributed by atoms with Gasteiger partial charge in [0, 0.05) is 75.2 Å². The molecule has 0 unspecified atom stereocenters. The summed E-state index contributed by atoms with van der Waals surface area (Å²) in [5, 5.41) is 2.50. The van der Waals surface area contributed by atoms with E-state index in [0.717, 1.165) is 46.7 Å². The van der Waals surface area contributed by atoms with Crippen LogP contribution in [0.15, 0.2) is 84.9 Å². The topological polar surface area (TPSA) is 138 Å². The molecule has 2 aliphatic rings. The minimum absolute atomic E-state index is 0.188. The fourth-order valence-electron chi connectivity index (χ4n) is 5.87. The zero-order valence-electron chi connectivity index (χ0n) is 34.6. The van der Waals surface area contributed by atoms with Crippen molar-refractivity contribution in [1.29, 1.82) is 0 Å². The van der Waals surface area contributed by atoms with Crippen LogP contribution in [0.4, 0.5) is 43.7 Å². The van der Waals surface area contributed by atoms with Crippen molar-refractivity contribution in [2.75, 3.05) is 71.9 Å². The van der Waals surface area contributed by atoms with Crippen molar-refractivity contribution >= 4 is 69.1 Å². The molecule has 0 atom stereocenters. The molecular formula is C44H55ClN6O6. The van der Waals surface area contributed by atoms with E-state index in [1.165, 1.54) is 0 Å². The average molecular weight is 799 g/mol. The van der Waals surface area contributed by atoms with Crippen LogP contribution in [0.3, 0.4) is 0 Å². The summed E-state index contributed by atoms with van der Waals surface area (Å²) < 4.78 is 10.9. The zero-order valence-corrected chi connectivity index (χ0v) is 35.4. The lowest BCUT2D eigenvalue weighted by Gasteiger charge is -2.25. The van der Waals surface area contributed by atoms with Crippen molar-refractivity contribution in [3.05, 3.63) is 107 Å². The van der Waals surface area contributed by atoms with E-state index in [1.807, 2.05) is 140 Å². The monoisotopic (exact) mass is 798 g/mol. The number of carbonyl (C=O) groups excluding carboxylic acids is 4. The first-order chi connectivity index (χ1) is 26.6. The Labute approximate surface area is 341 Å². The van der Waals surface area contributed by atoms with E-state index in [-0.39, 0.29) is 18.1 Å². The lowest BCUT2D eigenvalue weighted by atomic mass is 10.1. The van der Waals surface area contributed by atoms with Crippen LogP contribution in [0, 0.1) is 0 Å². The minimum Gasteiger partial charge on any atom is -0.443 e. The summed E-state index contributed by atoms with van der Waals surface area (Å²) in [6.45, 7) is 12.4. The molecule has 4 aromatic rings. The summed E-state index contributed by atoms with van der Waals surface area (Å²) in [4.78, 5) is 54.9. The highest BCUT2D eigenvalue weighted by atomic mass is 35.5. The van der Waals surface area contributed by atoms with E-state index < -0.39 is 16.4 Å². The molecule has 57 heavy (non-hydrogen) atoms. The predicted octanol–water partition coefficient (Wildman–Crippen LogP) is 9.00. The van der Waals surface area contributed by atoms with Crippen molar-refractivity contribution in [2.45, 2.75) is 65.6 Å². The maximum Gasteiger partial charge on any atom is 0.414 e. The first kappa shape index (κ1) is 44.0. The first-order valence-electron chi connectivity index (χ1n) is 18.7. The van der Waals surface area contributed by atoms with Gasteiger partial charge in [0.2, 0.25) is 0 Å². The van der Waals surface area contributed by atoms with Crippen molar-refractivity contribution < 1.29 is 28.7 Å². The smallest absolute Gasteiger partial charge is 0.414 e. The van der Waals surface area contributed by atoms with E-state index in [4.69, 9.17) is 26.8 Å². The molecule has 3 N–H and O–H groups in total. The van der Waals surface area contributed by atoms with Crippen molar-refractivity contribution in [3.63, 3.8) is 0 Å². The number of hydrogen-bond acceptors (Lipinski definition) is 9.